The standard InChI is InChI=1S/C17H16O2.C5H10Si/c18-12-14-6-8-16(9-7-14)17(10-11-17)19-13-15-4-2-1-3-5-15;1-5-6(2,3)4/h1-9,12H,10-11,13H2;1H,2-4H3. The monoisotopic (exact) mass is 350 g/mol. The molecule has 2 aromatic rings. The molecule has 25 heavy (non-hydrogen) atoms. The predicted molar refractivity (Wildman–Crippen MR) is 106 cm³/mol. The molecule has 0 spiro atoms. The van der Waals surface area contributed by atoms with Crippen LogP contribution in [0.15, 0.2) is 54.6 Å². The summed E-state index contributed by atoms with van der Waals surface area (Å²) >= 11 is 0. The van der Waals surface area contributed by atoms with Gasteiger partial charge in [0.2, 0.25) is 0 Å². The van der Waals surface area contributed by atoms with Gasteiger partial charge in [-0.3, -0.25) is 4.79 Å². The molecule has 0 radical (unpaired) electrons. The van der Waals surface area contributed by atoms with Crippen molar-refractivity contribution in [1.82, 2.24) is 0 Å². The van der Waals surface area contributed by atoms with Crippen molar-refractivity contribution in [2.75, 3.05) is 0 Å². The first kappa shape index (κ1) is 19.2. The highest BCUT2D eigenvalue weighted by molar-refractivity contribution is 6.83. The Kier molecular flexibility index (Phi) is 6.36. The van der Waals surface area contributed by atoms with Gasteiger partial charge >= 0.3 is 0 Å². The van der Waals surface area contributed by atoms with Gasteiger partial charge in [0.1, 0.15) is 14.4 Å². The maximum Gasteiger partial charge on any atom is 0.150 e. The molecule has 0 unspecified atom stereocenters. The topological polar surface area (TPSA) is 26.3 Å². The van der Waals surface area contributed by atoms with Crippen LogP contribution in [0.4, 0.5) is 0 Å². The van der Waals surface area contributed by atoms with E-state index in [1.54, 1.807) is 0 Å². The molecule has 0 N–H and O–H groups in total. The number of terminal acetylenes is 1. The van der Waals surface area contributed by atoms with Crippen LogP contribution in [-0.2, 0) is 16.9 Å². The van der Waals surface area contributed by atoms with Crippen molar-refractivity contribution < 1.29 is 9.53 Å². The van der Waals surface area contributed by atoms with Crippen LogP contribution in [0.1, 0.15) is 34.3 Å². The summed E-state index contributed by atoms with van der Waals surface area (Å²) in [4.78, 5) is 10.7. The van der Waals surface area contributed by atoms with E-state index < -0.39 is 8.07 Å². The third kappa shape index (κ3) is 6.01. The van der Waals surface area contributed by atoms with Crippen LogP contribution in [0.2, 0.25) is 19.6 Å². The Morgan fingerprint density at radius 1 is 1.08 bits per heavy atom. The Bertz CT molecular complexity index is 717. The first-order chi connectivity index (χ1) is 11.9. The fourth-order valence-corrected chi connectivity index (χ4v) is 2.29. The fourth-order valence-electron chi connectivity index (χ4n) is 2.29. The molecule has 2 nitrogen and oxygen atoms in total. The normalized spacial score (nSPS) is 14.6. The van der Waals surface area contributed by atoms with E-state index in [9.17, 15) is 4.79 Å². The van der Waals surface area contributed by atoms with E-state index in [0.717, 1.165) is 19.1 Å². The van der Waals surface area contributed by atoms with Crippen LogP contribution in [-0.4, -0.2) is 14.4 Å². The van der Waals surface area contributed by atoms with E-state index in [-0.39, 0.29) is 5.60 Å². The maximum absolute atomic E-state index is 10.7. The number of hydrogen-bond donors (Lipinski definition) is 0. The number of carbonyl (C=O) groups is 1. The summed E-state index contributed by atoms with van der Waals surface area (Å²) < 4.78 is 6.10. The Balaban J connectivity index is 0.000000326. The highest BCUT2D eigenvalue weighted by Gasteiger charge is 2.45. The third-order valence-corrected chi connectivity index (χ3v) is 4.93. The zero-order valence-corrected chi connectivity index (χ0v) is 16.3. The molecule has 0 heterocycles. The summed E-state index contributed by atoms with van der Waals surface area (Å²) in [6, 6.07) is 17.9. The maximum atomic E-state index is 10.7. The van der Waals surface area contributed by atoms with E-state index in [4.69, 9.17) is 11.2 Å². The quantitative estimate of drug-likeness (QED) is 0.421. The highest BCUT2D eigenvalue weighted by atomic mass is 28.3. The summed E-state index contributed by atoms with van der Waals surface area (Å²) in [5.41, 5.74) is 5.69. The second kappa shape index (κ2) is 8.29. The lowest BCUT2D eigenvalue weighted by Crippen LogP contribution is -2.15. The van der Waals surface area contributed by atoms with Gasteiger partial charge in [0, 0.05) is 5.56 Å². The predicted octanol–water partition coefficient (Wildman–Crippen LogP) is 5.20. The Labute approximate surface area is 152 Å². The highest BCUT2D eigenvalue weighted by Crippen LogP contribution is 2.49. The van der Waals surface area contributed by atoms with E-state index in [2.05, 4.69) is 37.3 Å². The molecular formula is C22H26O2Si. The lowest BCUT2D eigenvalue weighted by atomic mass is 10.1. The molecule has 0 saturated heterocycles. The molecule has 0 aliphatic heterocycles. The molecule has 130 valence electrons. The molecule has 1 saturated carbocycles. The fraction of sp³-hybridized carbons (Fsp3) is 0.318. The van der Waals surface area contributed by atoms with Gasteiger partial charge in [-0.25, -0.2) is 0 Å². The lowest BCUT2D eigenvalue weighted by Gasteiger charge is -2.17. The first-order valence-corrected chi connectivity index (χ1v) is 12.1. The van der Waals surface area contributed by atoms with Crippen LogP contribution in [0.3, 0.4) is 0 Å². The summed E-state index contributed by atoms with van der Waals surface area (Å²) in [6.45, 7) is 7.07. The number of benzene rings is 2. The van der Waals surface area contributed by atoms with Gasteiger partial charge in [0.05, 0.1) is 12.2 Å². The molecule has 1 aliphatic rings. The minimum absolute atomic E-state index is 0.128. The zero-order valence-electron chi connectivity index (χ0n) is 15.3. The van der Waals surface area contributed by atoms with Crippen LogP contribution in [0, 0.1) is 12.0 Å². The van der Waals surface area contributed by atoms with E-state index in [0.29, 0.717) is 12.2 Å². The van der Waals surface area contributed by atoms with Crippen LogP contribution in [0.5, 0.6) is 0 Å². The molecule has 3 rings (SSSR count). The SMILES string of the molecule is C#C[Si](C)(C)C.O=Cc1ccc(C2(OCc3ccccc3)CC2)cc1. The summed E-state index contributed by atoms with van der Waals surface area (Å²) in [6.07, 6.45) is 8.10. The molecule has 0 amide bonds. The smallest absolute Gasteiger partial charge is 0.150 e. The number of hydrogen-bond acceptors (Lipinski definition) is 2. The van der Waals surface area contributed by atoms with Gasteiger partial charge in [-0.1, -0.05) is 74.2 Å². The first-order valence-electron chi connectivity index (χ1n) is 8.60. The molecular weight excluding hydrogens is 324 g/mol. The van der Waals surface area contributed by atoms with Crippen molar-refractivity contribution in [3.63, 3.8) is 0 Å². The van der Waals surface area contributed by atoms with Gasteiger partial charge in [0.25, 0.3) is 0 Å². The summed E-state index contributed by atoms with van der Waals surface area (Å²) in [5, 5.41) is 0. The van der Waals surface area contributed by atoms with Gasteiger partial charge < -0.3 is 4.74 Å². The van der Waals surface area contributed by atoms with E-state index >= 15 is 0 Å². The molecule has 0 atom stereocenters. The number of ether oxygens (including phenoxy) is 1. The van der Waals surface area contributed by atoms with Crippen molar-refractivity contribution in [2.45, 2.75) is 44.7 Å². The summed E-state index contributed by atoms with van der Waals surface area (Å²) in [5.74, 6) is 0. The van der Waals surface area contributed by atoms with E-state index in [1.807, 2.05) is 42.5 Å². The third-order valence-electron chi connectivity index (χ3n) is 4.07. The second-order valence-corrected chi connectivity index (χ2v) is 12.2. The van der Waals surface area contributed by atoms with Crippen LogP contribution >= 0.6 is 0 Å². The van der Waals surface area contributed by atoms with Gasteiger partial charge in [-0.2, -0.15) is 0 Å². The summed E-state index contributed by atoms with van der Waals surface area (Å²) in [7, 11) is -1.10. The van der Waals surface area contributed by atoms with Gasteiger partial charge in [-0.05, 0) is 24.0 Å². The molecule has 0 aromatic heterocycles. The molecule has 1 aliphatic carbocycles. The van der Waals surface area contributed by atoms with Crippen molar-refractivity contribution in [1.29, 1.82) is 0 Å². The Hall–Kier alpha value is -2.15. The van der Waals surface area contributed by atoms with Gasteiger partial charge in [-0.15, -0.1) is 12.0 Å². The Morgan fingerprint density at radius 3 is 2.08 bits per heavy atom. The number of rotatable bonds is 5. The Morgan fingerprint density at radius 2 is 1.64 bits per heavy atom. The molecule has 1 fully saturated rings. The zero-order chi connectivity index (χ0) is 18.3. The largest absolute Gasteiger partial charge is 0.366 e. The minimum Gasteiger partial charge on any atom is -0.366 e. The lowest BCUT2D eigenvalue weighted by molar-refractivity contribution is 0.0172. The molecule has 2 aromatic carbocycles. The number of aldehydes is 1. The average molecular weight is 351 g/mol. The van der Waals surface area contributed by atoms with Crippen LogP contribution < -0.4 is 0 Å². The molecule has 3 heteroatoms. The van der Waals surface area contributed by atoms with Gasteiger partial charge in [0.15, 0.2) is 0 Å². The molecule has 0 bridgehead atoms. The van der Waals surface area contributed by atoms with Crippen molar-refractivity contribution in [3.8, 4) is 12.0 Å². The average Bonchev–Trinajstić information content (AvgIpc) is 3.42. The minimum atomic E-state index is -1.10. The second-order valence-electron chi connectivity index (χ2n) is 7.40. The van der Waals surface area contributed by atoms with Crippen molar-refractivity contribution >= 4 is 14.4 Å². The van der Waals surface area contributed by atoms with Crippen molar-refractivity contribution in [2.24, 2.45) is 0 Å². The van der Waals surface area contributed by atoms with Crippen molar-refractivity contribution in [3.05, 3.63) is 71.3 Å². The van der Waals surface area contributed by atoms with Crippen LogP contribution in [0.25, 0.3) is 0 Å². The van der Waals surface area contributed by atoms with E-state index in [1.165, 1.54) is 11.1 Å². The number of carbonyl (C=O) groups excluding carboxylic acids is 1.